The summed E-state index contributed by atoms with van der Waals surface area (Å²) in [7, 11) is 0. The number of hydrogen-bond donors (Lipinski definition) is 2. The van der Waals surface area contributed by atoms with Crippen LogP contribution in [-0.4, -0.2) is 48.6 Å². The first kappa shape index (κ1) is 21.9. The smallest absolute Gasteiger partial charge is 0.305 e. The molecule has 0 amide bonds. The number of unbranched alkanes of at least 4 members (excludes halogenated alkanes) is 5. The molecule has 136 valence electrons. The average Bonchev–Trinajstić information content (AvgIpc) is 2.53. The minimum Gasteiger partial charge on any atom is -0.465 e. The molecule has 2 N–H and O–H groups in total. The van der Waals surface area contributed by atoms with Crippen LogP contribution in [0, 0.1) is 5.41 Å². The van der Waals surface area contributed by atoms with E-state index < -0.39 is 0 Å². The Morgan fingerprint density at radius 1 is 0.826 bits per heavy atom. The van der Waals surface area contributed by atoms with Crippen molar-refractivity contribution in [3.63, 3.8) is 0 Å². The zero-order valence-corrected chi connectivity index (χ0v) is 14.5. The van der Waals surface area contributed by atoms with E-state index in [1.165, 1.54) is 0 Å². The van der Waals surface area contributed by atoms with Crippen molar-refractivity contribution in [2.24, 2.45) is 5.41 Å². The molecule has 0 fully saturated rings. The highest BCUT2D eigenvalue weighted by molar-refractivity contribution is 5.69. The Morgan fingerprint density at radius 3 is 1.78 bits per heavy atom. The first-order valence-corrected chi connectivity index (χ1v) is 8.44. The second kappa shape index (κ2) is 13.3. The normalized spacial score (nSPS) is 11.3. The molecule has 0 aromatic carbocycles. The lowest BCUT2D eigenvalue weighted by Crippen LogP contribution is -2.25. The molecule has 0 bridgehead atoms. The molecular weight excluding hydrogens is 300 g/mol. The lowest BCUT2D eigenvalue weighted by Gasteiger charge is -2.20. The van der Waals surface area contributed by atoms with E-state index in [0.717, 1.165) is 38.5 Å². The molecular formula is C17H32O6. The van der Waals surface area contributed by atoms with Crippen LogP contribution in [0.5, 0.6) is 0 Å². The molecule has 0 atom stereocenters. The van der Waals surface area contributed by atoms with Gasteiger partial charge in [-0.3, -0.25) is 9.59 Å². The van der Waals surface area contributed by atoms with Crippen molar-refractivity contribution < 1.29 is 29.3 Å². The van der Waals surface area contributed by atoms with Gasteiger partial charge in [-0.1, -0.05) is 39.5 Å². The van der Waals surface area contributed by atoms with E-state index >= 15 is 0 Å². The van der Waals surface area contributed by atoms with Gasteiger partial charge in [0.2, 0.25) is 0 Å². The van der Waals surface area contributed by atoms with Gasteiger partial charge in [0.05, 0.1) is 19.8 Å². The van der Waals surface area contributed by atoms with Gasteiger partial charge in [0, 0.05) is 18.3 Å². The fourth-order valence-corrected chi connectivity index (χ4v) is 1.87. The summed E-state index contributed by atoms with van der Waals surface area (Å²) in [6, 6.07) is 0. The van der Waals surface area contributed by atoms with Gasteiger partial charge in [0.1, 0.15) is 6.61 Å². The van der Waals surface area contributed by atoms with Gasteiger partial charge < -0.3 is 19.7 Å². The van der Waals surface area contributed by atoms with Crippen molar-refractivity contribution in [3.8, 4) is 0 Å². The SMILES string of the molecule is CC(C)(CO)COC(=O)CCCCCCCCC(=O)OCCO. The molecule has 0 aromatic rings. The Morgan fingerprint density at radius 2 is 1.30 bits per heavy atom. The number of carbonyl (C=O) groups is 2. The molecule has 0 unspecified atom stereocenters. The summed E-state index contributed by atoms with van der Waals surface area (Å²) in [6.45, 7) is 3.87. The van der Waals surface area contributed by atoms with E-state index in [1.807, 2.05) is 13.8 Å². The van der Waals surface area contributed by atoms with Crippen LogP contribution in [0.3, 0.4) is 0 Å². The number of aliphatic hydroxyl groups excluding tert-OH is 2. The Balaban J connectivity index is 3.39. The van der Waals surface area contributed by atoms with Gasteiger partial charge in [0.15, 0.2) is 0 Å². The van der Waals surface area contributed by atoms with Gasteiger partial charge in [0.25, 0.3) is 0 Å². The molecule has 0 rings (SSSR count). The second-order valence-electron chi connectivity index (χ2n) is 6.55. The number of carbonyl (C=O) groups excluding carboxylic acids is 2. The van der Waals surface area contributed by atoms with E-state index in [2.05, 4.69) is 0 Å². The Hall–Kier alpha value is -1.14. The Kier molecular flexibility index (Phi) is 12.7. The minimum absolute atomic E-state index is 0.00613. The van der Waals surface area contributed by atoms with E-state index in [1.54, 1.807) is 0 Å². The van der Waals surface area contributed by atoms with Crippen molar-refractivity contribution in [1.82, 2.24) is 0 Å². The number of aliphatic hydroxyl groups is 2. The molecule has 0 saturated carbocycles. The summed E-state index contributed by atoms with van der Waals surface area (Å²) in [5, 5.41) is 17.6. The van der Waals surface area contributed by atoms with Crippen LogP contribution in [0.4, 0.5) is 0 Å². The topological polar surface area (TPSA) is 93.1 Å². The minimum atomic E-state index is -0.381. The highest BCUT2D eigenvalue weighted by Crippen LogP contribution is 2.15. The summed E-state index contributed by atoms with van der Waals surface area (Å²) in [4.78, 5) is 22.7. The zero-order chi connectivity index (χ0) is 17.6. The average molecular weight is 332 g/mol. The van der Waals surface area contributed by atoms with Crippen LogP contribution in [-0.2, 0) is 19.1 Å². The fourth-order valence-electron chi connectivity index (χ4n) is 1.87. The predicted octanol–water partition coefficient (Wildman–Crippen LogP) is 2.20. The first-order chi connectivity index (χ1) is 10.9. The monoisotopic (exact) mass is 332 g/mol. The van der Waals surface area contributed by atoms with Crippen LogP contribution >= 0.6 is 0 Å². The van der Waals surface area contributed by atoms with E-state index in [4.69, 9.17) is 19.7 Å². The third-order valence-electron chi connectivity index (χ3n) is 3.42. The predicted molar refractivity (Wildman–Crippen MR) is 86.8 cm³/mol. The van der Waals surface area contributed by atoms with Crippen molar-refractivity contribution >= 4 is 11.9 Å². The molecule has 0 radical (unpaired) electrons. The highest BCUT2D eigenvalue weighted by atomic mass is 16.5. The van der Waals surface area contributed by atoms with Crippen LogP contribution in [0.1, 0.15) is 65.2 Å². The lowest BCUT2D eigenvalue weighted by atomic mass is 9.96. The summed E-state index contributed by atoms with van der Waals surface area (Å²) in [5.74, 6) is -0.467. The molecule has 0 saturated heterocycles. The lowest BCUT2D eigenvalue weighted by molar-refractivity contribution is -0.147. The van der Waals surface area contributed by atoms with Gasteiger partial charge >= 0.3 is 11.9 Å². The van der Waals surface area contributed by atoms with Crippen LogP contribution in [0.2, 0.25) is 0 Å². The number of hydrogen-bond acceptors (Lipinski definition) is 6. The molecule has 0 aromatic heterocycles. The van der Waals surface area contributed by atoms with Crippen molar-refractivity contribution in [3.05, 3.63) is 0 Å². The molecule has 23 heavy (non-hydrogen) atoms. The molecule has 6 nitrogen and oxygen atoms in total. The maximum absolute atomic E-state index is 11.5. The number of rotatable bonds is 14. The second-order valence-corrected chi connectivity index (χ2v) is 6.55. The number of esters is 2. The van der Waals surface area contributed by atoms with Gasteiger partial charge in [-0.05, 0) is 12.8 Å². The van der Waals surface area contributed by atoms with Crippen molar-refractivity contribution in [1.29, 1.82) is 0 Å². The highest BCUT2D eigenvalue weighted by Gasteiger charge is 2.18. The summed E-state index contributed by atoms with van der Waals surface area (Å²) in [6.07, 6.45) is 6.39. The molecule has 0 aliphatic heterocycles. The van der Waals surface area contributed by atoms with E-state index in [9.17, 15) is 9.59 Å². The third-order valence-corrected chi connectivity index (χ3v) is 3.42. The summed E-state index contributed by atoms with van der Waals surface area (Å²) in [5.41, 5.74) is -0.381. The quantitative estimate of drug-likeness (QED) is 0.374. The summed E-state index contributed by atoms with van der Waals surface area (Å²) >= 11 is 0. The Labute approximate surface area is 139 Å². The molecule has 0 aliphatic rings. The standard InChI is InChI=1S/C17H32O6/c1-17(2,13-19)14-23-16(21)10-8-6-4-3-5-7-9-15(20)22-12-11-18/h18-19H,3-14H2,1-2H3. The largest absolute Gasteiger partial charge is 0.465 e. The Bertz CT molecular complexity index is 327. The van der Waals surface area contributed by atoms with E-state index in [0.29, 0.717) is 12.8 Å². The number of ether oxygens (including phenoxy) is 2. The fraction of sp³-hybridized carbons (Fsp3) is 0.882. The van der Waals surface area contributed by atoms with Crippen LogP contribution < -0.4 is 0 Å². The molecule has 0 spiro atoms. The first-order valence-electron chi connectivity index (χ1n) is 8.44. The molecule has 6 heteroatoms. The van der Waals surface area contributed by atoms with Crippen molar-refractivity contribution in [2.75, 3.05) is 26.4 Å². The van der Waals surface area contributed by atoms with Crippen LogP contribution in [0.25, 0.3) is 0 Å². The maximum atomic E-state index is 11.5. The zero-order valence-electron chi connectivity index (χ0n) is 14.5. The van der Waals surface area contributed by atoms with Crippen molar-refractivity contribution in [2.45, 2.75) is 65.2 Å². The van der Waals surface area contributed by atoms with Gasteiger partial charge in [-0.15, -0.1) is 0 Å². The van der Waals surface area contributed by atoms with Gasteiger partial charge in [-0.25, -0.2) is 0 Å². The van der Waals surface area contributed by atoms with Gasteiger partial charge in [-0.2, -0.15) is 0 Å². The summed E-state index contributed by atoms with van der Waals surface area (Å²) < 4.78 is 9.89. The third kappa shape index (κ3) is 14.2. The maximum Gasteiger partial charge on any atom is 0.305 e. The van der Waals surface area contributed by atoms with E-state index in [-0.39, 0.29) is 43.8 Å². The molecule has 0 heterocycles. The van der Waals surface area contributed by atoms with Crippen LogP contribution in [0.15, 0.2) is 0 Å². The molecule has 0 aliphatic carbocycles.